The van der Waals surface area contributed by atoms with Crippen molar-refractivity contribution < 1.29 is 63.8 Å². The molecule has 5 aromatic carbocycles. The molecule has 3 saturated heterocycles. The number of carbonyl (C=O) groups is 5. The van der Waals surface area contributed by atoms with Crippen molar-refractivity contribution in [1.82, 2.24) is 39.9 Å². The van der Waals surface area contributed by atoms with Crippen LogP contribution in [0.1, 0.15) is 112 Å². The maximum Gasteiger partial charge on any atom is 0.501 e. The molecule has 1 aromatic heterocycles. The van der Waals surface area contributed by atoms with Crippen LogP contribution in [0.5, 0.6) is 0 Å². The van der Waals surface area contributed by atoms with Gasteiger partial charge < -0.3 is 40.5 Å². The lowest BCUT2D eigenvalue weighted by Crippen LogP contribution is -2.57. The van der Waals surface area contributed by atoms with Crippen molar-refractivity contribution in [1.29, 1.82) is 0 Å². The average Bonchev–Trinajstić information content (AvgIpc) is 1.74. The summed E-state index contributed by atoms with van der Waals surface area (Å²) in [5, 5.41) is 20.4. The van der Waals surface area contributed by atoms with Crippen LogP contribution in [0, 0.1) is 12.3 Å². The van der Waals surface area contributed by atoms with E-state index in [2.05, 4.69) is 35.6 Å². The van der Waals surface area contributed by atoms with E-state index in [1.165, 1.54) is 39.9 Å². The van der Waals surface area contributed by atoms with E-state index in [4.69, 9.17) is 16.3 Å². The summed E-state index contributed by atoms with van der Waals surface area (Å²) in [6.45, 7) is 16.1. The third-order valence-corrected chi connectivity index (χ3v) is 24.4. The number of ether oxygens (including phenoxy) is 1. The number of hydrogen-bond donors (Lipinski definition) is 5. The molecule has 0 spiro atoms. The summed E-state index contributed by atoms with van der Waals surface area (Å²) < 4.78 is 106. The second-order valence-electron chi connectivity index (χ2n) is 27.7. The number of thiazole rings is 1. The summed E-state index contributed by atoms with van der Waals surface area (Å²) >= 11 is 9.09. The highest BCUT2D eigenvalue weighted by Gasteiger charge is 2.49. The first-order chi connectivity index (χ1) is 49.0. The van der Waals surface area contributed by atoms with E-state index in [-0.39, 0.29) is 48.9 Å². The van der Waals surface area contributed by atoms with Gasteiger partial charge in [-0.1, -0.05) is 93.4 Å². The molecule has 10 rings (SSSR count). The number of piperazine rings is 2. The van der Waals surface area contributed by atoms with E-state index in [1.54, 1.807) is 33.9 Å². The standard InChI is InChI=1S/C74H90ClF3N10O11S4/c1-49(51-16-18-53(19-17-51)68-50(2)79-48-101-68)80-71(93)64-42-59(89)45-88(64)72(94)69(73(3,4)5)82-66(90)14-10-7-11-15-67(91)87-39-33-84(34-40-87)32-30-57(47-100-60-12-8-6-9-13-60)81-63-29-28-61(43-65(63)102(95,96)74(76,77)78)103(97,98)83-70(92)54-22-26-58(27-23-54)86-37-35-85(36-38-86)44-55-46-99-41-31-62(55)52-20-24-56(75)25-21-52/h6,8-9,12-13,16-29,43,48-49,57,59,64,69,81,89H,7,10-11,14-15,30-42,44-47H2,1-5H3,(H,80,93)(H,82,90)(H,83,92)/t49-,57+,59+,64-,69+/m0/s1. The molecule has 5 amide bonds. The third-order valence-electron chi connectivity index (χ3n) is 19.2. The Morgan fingerprint density at radius 2 is 1.47 bits per heavy atom. The van der Waals surface area contributed by atoms with E-state index in [1.807, 2.05) is 118 Å². The van der Waals surface area contributed by atoms with E-state index in [9.17, 15) is 59.1 Å². The molecule has 0 saturated carbocycles. The van der Waals surface area contributed by atoms with Crippen LogP contribution in [-0.4, -0.2) is 197 Å². The van der Waals surface area contributed by atoms with Crippen molar-refractivity contribution in [3.05, 3.63) is 160 Å². The number of benzene rings is 5. The number of carbonyl (C=O) groups excluding carboxylic acids is 5. The molecule has 29 heteroatoms. The minimum Gasteiger partial charge on any atom is -0.391 e. The van der Waals surface area contributed by atoms with Crippen LogP contribution in [0.2, 0.25) is 5.02 Å². The van der Waals surface area contributed by atoms with Gasteiger partial charge in [0.1, 0.15) is 17.0 Å². The van der Waals surface area contributed by atoms with Gasteiger partial charge in [-0.3, -0.25) is 33.8 Å². The number of amides is 5. The first-order valence-corrected chi connectivity index (χ1v) is 39.9. The van der Waals surface area contributed by atoms with Gasteiger partial charge in [-0.05, 0) is 140 Å². The molecule has 5 N–H and O–H groups in total. The molecule has 3 fully saturated rings. The highest BCUT2D eigenvalue weighted by Crippen LogP contribution is 2.38. The number of sulfonamides is 1. The number of sulfone groups is 1. The molecule has 0 bridgehead atoms. The normalized spacial score (nSPS) is 18.3. The summed E-state index contributed by atoms with van der Waals surface area (Å²) in [5.74, 6) is -2.12. The third kappa shape index (κ3) is 20.6. The Hall–Kier alpha value is -7.41. The smallest absolute Gasteiger partial charge is 0.391 e. The Morgan fingerprint density at radius 3 is 2.13 bits per heavy atom. The number of aliphatic hydroxyl groups excluding tert-OH is 1. The summed E-state index contributed by atoms with van der Waals surface area (Å²) in [5.41, 5.74) is 1.88. The summed E-state index contributed by atoms with van der Waals surface area (Å²) in [6, 6.07) is 30.4. The Balaban J connectivity index is 0.687. The van der Waals surface area contributed by atoms with Crippen LogP contribution in [0.25, 0.3) is 16.0 Å². The molecule has 6 aromatic rings. The number of thioether (sulfide) groups is 1. The predicted molar refractivity (Wildman–Crippen MR) is 395 cm³/mol. The van der Waals surface area contributed by atoms with Crippen LogP contribution < -0.4 is 25.6 Å². The molecule has 5 heterocycles. The first kappa shape index (κ1) is 78.2. The number of nitrogens with zero attached hydrogens (tertiary/aromatic N) is 6. The zero-order chi connectivity index (χ0) is 73.8. The maximum atomic E-state index is 14.6. The van der Waals surface area contributed by atoms with Crippen molar-refractivity contribution >= 4 is 101 Å². The van der Waals surface area contributed by atoms with E-state index < -0.39 is 94.3 Å². The number of likely N-dealkylation sites (tertiary alicyclic amines) is 1. The number of alkyl halides is 3. The van der Waals surface area contributed by atoms with Crippen molar-refractivity contribution in [3.63, 3.8) is 0 Å². The molecule has 0 unspecified atom stereocenters. The number of nitrogens with one attached hydrogen (secondary N) is 4. The SMILES string of the molecule is Cc1ncsc1-c1ccc([C@H](C)NC(=O)[C@@H]2C[C@@H](O)CN2C(=O)[C@@H](NC(=O)CCCCCC(=O)N2CCN(CC[C@H](CSc3ccccc3)Nc3ccc(S(=O)(=O)NC(=O)c4ccc(N5CCN(CC6=C(c7ccc(Cl)cc7)CCOC6)CC5)cc4)cc3S(=O)(=O)C(F)(F)F)CC2)C(C)(C)C)cc1. The maximum absolute atomic E-state index is 14.6. The topological polar surface area (TPSA) is 260 Å². The second kappa shape index (κ2) is 34.7. The lowest BCUT2D eigenvalue weighted by molar-refractivity contribution is -0.144. The fraction of sp³-hybridized carbons (Fsp3) is 0.459. The number of β-amino-alcohol motifs (C(OH)–C–C–N with tert-alkyl or cyclic N) is 1. The predicted octanol–water partition coefficient (Wildman–Crippen LogP) is 10.6. The van der Waals surface area contributed by atoms with Crippen LogP contribution >= 0.6 is 34.7 Å². The lowest BCUT2D eigenvalue weighted by atomic mass is 9.85. The van der Waals surface area contributed by atoms with Gasteiger partial charge in [0.05, 0.1) is 52.0 Å². The fourth-order valence-corrected chi connectivity index (χ4v) is 17.2. The summed E-state index contributed by atoms with van der Waals surface area (Å²) in [4.78, 5) is 82.4. The van der Waals surface area contributed by atoms with Gasteiger partial charge in [-0.25, -0.2) is 26.5 Å². The number of aryl methyl sites for hydroxylation is 1. The second-order valence-corrected chi connectivity index (χ2v) is 33.6. The number of aliphatic hydroxyl groups is 1. The van der Waals surface area contributed by atoms with Gasteiger partial charge in [-0.2, -0.15) is 13.2 Å². The number of hydrogen-bond acceptors (Lipinski definition) is 18. The molecule has 103 heavy (non-hydrogen) atoms. The zero-order valence-corrected chi connectivity index (χ0v) is 62.4. The van der Waals surface area contributed by atoms with Gasteiger partial charge in [0.15, 0.2) is 0 Å². The molecule has 0 radical (unpaired) electrons. The average molecular weight is 1520 g/mol. The Labute approximate surface area is 614 Å². The zero-order valence-electron chi connectivity index (χ0n) is 58.4. The molecule has 5 atom stereocenters. The van der Waals surface area contributed by atoms with E-state index in [0.29, 0.717) is 95.8 Å². The van der Waals surface area contributed by atoms with Crippen molar-refractivity contribution in [2.75, 3.05) is 101 Å². The van der Waals surface area contributed by atoms with Crippen LogP contribution in [0.4, 0.5) is 24.5 Å². The molecule has 4 aliphatic heterocycles. The lowest BCUT2D eigenvalue weighted by Gasteiger charge is -2.37. The molecule has 0 aliphatic carbocycles. The van der Waals surface area contributed by atoms with Gasteiger partial charge >= 0.3 is 5.51 Å². The highest BCUT2D eigenvalue weighted by atomic mass is 35.5. The molecule has 554 valence electrons. The number of aromatic nitrogens is 1. The number of anilines is 2. The molecular weight excluding hydrogens is 1430 g/mol. The van der Waals surface area contributed by atoms with E-state index >= 15 is 0 Å². The van der Waals surface area contributed by atoms with Crippen LogP contribution in [0.15, 0.2) is 147 Å². The largest absolute Gasteiger partial charge is 0.501 e. The Kier molecular flexibility index (Phi) is 26.3. The number of rotatable bonds is 28. The summed E-state index contributed by atoms with van der Waals surface area (Å²) in [6.07, 6.45) is 2.04. The summed E-state index contributed by atoms with van der Waals surface area (Å²) in [7, 11) is -11.1. The van der Waals surface area contributed by atoms with Crippen LogP contribution in [-0.2, 0) is 43.8 Å². The molecule has 4 aliphatic rings. The van der Waals surface area contributed by atoms with Crippen LogP contribution in [0.3, 0.4) is 0 Å². The van der Waals surface area contributed by atoms with Crippen molar-refractivity contribution in [2.24, 2.45) is 5.41 Å². The van der Waals surface area contributed by atoms with Crippen molar-refractivity contribution in [2.45, 2.75) is 136 Å². The van der Waals surface area contributed by atoms with Gasteiger partial charge in [0.25, 0.3) is 25.8 Å². The molecular formula is C74H90ClF3N10O11S4. The highest BCUT2D eigenvalue weighted by molar-refractivity contribution is 7.99. The van der Waals surface area contributed by atoms with Gasteiger partial charge in [0, 0.05) is 124 Å². The minimum absolute atomic E-state index is 0.0466. The Morgan fingerprint density at radius 1 is 0.796 bits per heavy atom. The number of unbranched alkanes of at least 4 members (excludes halogenated alkanes) is 2. The van der Waals surface area contributed by atoms with Gasteiger partial charge in [0.2, 0.25) is 23.6 Å². The van der Waals surface area contributed by atoms with E-state index in [0.717, 1.165) is 76.0 Å². The van der Waals surface area contributed by atoms with Gasteiger partial charge in [-0.15, -0.1) is 23.1 Å². The molecule has 21 nitrogen and oxygen atoms in total. The minimum atomic E-state index is -6.19. The monoisotopic (exact) mass is 1510 g/mol. The fourth-order valence-electron chi connectivity index (χ4n) is 13.2. The quantitative estimate of drug-likeness (QED) is 0.0226. The Bertz CT molecular complexity index is 4210. The number of halogens is 4. The first-order valence-electron chi connectivity index (χ1n) is 34.7. The van der Waals surface area contributed by atoms with Crippen molar-refractivity contribution in [3.8, 4) is 10.4 Å².